The molecule has 0 saturated carbocycles. The van der Waals surface area contributed by atoms with Gasteiger partial charge in [-0.2, -0.15) is 0 Å². The minimum Gasteiger partial charge on any atom is -0.478 e. The maximum absolute atomic E-state index is 11.2. The average molecular weight is 326 g/mol. The van der Waals surface area contributed by atoms with E-state index in [0.717, 1.165) is 0 Å². The number of carboxylic acid groups (broad SMARTS) is 1. The molecule has 1 aromatic heterocycles. The molecular formula is C15H13Cl2NO3. The Balaban J connectivity index is 2.40. The summed E-state index contributed by atoms with van der Waals surface area (Å²) in [5, 5.41) is 10.00. The molecule has 0 radical (unpaired) electrons. The summed E-state index contributed by atoms with van der Waals surface area (Å²) in [6, 6.07) is 7.64. The van der Waals surface area contributed by atoms with Crippen LogP contribution in [0.2, 0.25) is 10.0 Å². The van der Waals surface area contributed by atoms with E-state index < -0.39 is 5.97 Å². The van der Waals surface area contributed by atoms with Gasteiger partial charge in [-0.3, -0.25) is 0 Å². The molecule has 0 spiro atoms. The maximum atomic E-state index is 11.2. The molecule has 6 heteroatoms. The van der Waals surface area contributed by atoms with Gasteiger partial charge in [-0.25, -0.2) is 9.78 Å². The summed E-state index contributed by atoms with van der Waals surface area (Å²) in [6.07, 6.45) is 0. The predicted molar refractivity (Wildman–Crippen MR) is 81.8 cm³/mol. The molecule has 0 aliphatic heterocycles. The summed E-state index contributed by atoms with van der Waals surface area (Å²) in [5.74, 6) is -0.364. The Labute approximate surface area is 132 Å². The lowest BCUT2D eigenvalue weighted by Gasteiger charge is -2.11. The van der Waals surface area contributed by atoms with Gasteiger partial charge in [0.1, 0.15) is 5.75 Å². The zero-order chi connectivity index (χ0) is 15.6. The van der Waals surface area contributed by atoms with E-state index in [-0.39, 0.29) is 17.4 Å². The van der Waals surface area contributed by atoms with Gasteiger partial charge in [-0.15, -0.1) is 0 Å². The van der Waals surface area contributed by atoms with Crippen LogP contribution in [0.25, 0.3) is 0 Å². The lowest BCUT2D eigenvalue weighted by atomic mass is 10.1. The predicted octanol–water partition coefficient (Wildman–Crippen LogP) is 5.00. The first-order valence-corrected chi connectivity index (χ1v) is 7.00. The standard InChI is InChI=1S/C15H13Cl2NO3/c1-8(2)13-3-9(15(19)20)4-14(18-13)21-12-6-10(16)5-11(17)7-12/h3-8H,1-2H3,(H,19,20). The highest BCUT2D eigenvalue weighted by Crippen LogP contribution is 2.29. The Morgan fingerprint density at radius 3 is 2.29 bits per heavy atom. The van der Waals surface area contributed by atoms with Crippen molar-refractivity contribution in [3.05, 3.63) is 51.6 Å². The van der Waals surface area contributed by atoms with Gasteiger partial charge < -0.3 is 9.84 Å². The first kappa shape index (κ1) is 15.6. The van der Waals surface area contributed by atoms with E-state index in [4.69, 9.17) is 33.0 Å². The normalized spacial score (nSPS) is 10.7. The molecule has 1 N–H and O–H groups in total. The van der Waals surface area contributed by atoms with E-state index in [1.54, 1.807) is 18.2 Å². The fourth-order valence-corrected chi connectivity index (χ4v) is 2.21. The summed E-state index contributed by atoms with van der Waals surface area (Å²) in [5.41, 5.74) is 0.759. The number of hydrogen-bond acceptors (Lipinski definition) is 3. The highest BCUT2D eigenvalue weighted by atomic mass is 35.5. The van der Waals surface area contributed by atoms with Crippen LogP contribution in [0.3, 0.4) is 0 Å². The van der Waals surface area contributed by atoms with Crippen LogP contribution in [-0.4, -0.2) is 16.1 Å². The second-order valence-corrected chi connectivity index (χ2v) is 5.66. The van der Waals surface area contributed by atoms with E-state index in [1.807, 2.05) is 13.8 Å². The number of nitrogens with zero attached hydrogens (tertiary/aromatic N) is 1. The Hall–Kier alpha value is -1.78. The van der Waals surface area contributed by atoms with Gasteiger partial charge >= 0.3 is 5.97 Å². The van der Waals surface area contributed by atoms with Crippen molar-refractivity contribution >= 4 is 29.2 Å². The molecule has 0 amide bonds. The van der Waals surface area contributed by atoms with Gasteiger partial charge in [0.25, 0.3) is 0 Å². The second-order valence-electron chi connectivity index (χ2n) is 4.79. The van der Waals surface area contributed by atoms with Crippen LogP contribution < -0.4 is 4.74 Å². The molecular weight excluding hydrogens is 313 g/mol. The van der Waals surface area contributed by atoms with Crippen molar-refractivity contribution in [2.24, 2.45) is 0 Å². The van der Waals surface area contributed by atoms with E-state index in [1.165, 1.54) is 12.1 Å². The number of aromatic carboxylic acids is 1. The number of aromatic nitrogens is 1. The van der Waals surface area contributed by atoms with Crippen LogP contribution in [-0.2, 0) is 0 Å². The lowest BCUT2D eigenvalue weighted by molar-refractivity contribution is 0.0696. The van der Waals surface area contributed by atoms with E-state index in [9.17, 15) is 4.79 Å². The highest BCUT2D eigenvalue weighted by molar-refractivity contribution is 6.34. The Kier molecular flexibility index (Phi) is 4.70. The van der Waals surface area contributed by atoms with Crippen LogP contribution >= 0.6 is 23.2 Å². The fourth-order valence-electron chi connectivity index (χ4n) is 1.71. The number of pyridine rings is 1. The first-order valence-electron chi connectivity index (χ1n) is 6.24. The van der Waals surface area contributed by atoms with Gasteiger partial charge in [-0.05, 0) is 30.2 Å². The molecule has 0 saturated heterocycles. The summed E-state index contributed by atoms with van der Waals surface area (Å²) in [7, 11) is 0. The minimum absolute atomic E-state index is 0.0783. The van der Waals surface area contributed by atoms with Crippen molar-refractivity contribution < 1.29 is 14.6 Å². The van der Waals surface area contributed by atoms with Crippen molar-refractivity contribution in [2.75, 3.05) is 0 Å². The summed E-state index contributed by atoms with van der Waals surface area (Å²) in [6.45, 7) is 3.85. The molecule has 21 heavy (non-hydrogen) atoms. The highest BCUT2D eigenvalue weighted by Gasteiger charge is 2.12. The van der Waals surface area contributed by atoms with Crippen molar-refractivity contribution in [3.63, 3.8) is 0 Å². The molecule has 2 aromatic rings. The van der Waals surface area contributed by atoms with E-state index in [2.05, 4.69) is 4.98 Å². The third-order valence-corrected chi connectivity index (χ3v) is 3.16. The zero-order valence-corrected chi connectivity index (χ0v) is 12.9. The van der Waals surface area contributed by atoms with Gasteiger partial charge in [0.05, 0.1) is 5.56 Å². The molecule has 110 valence electrons. The van der Waals surface area contributed by atoms with Gasteiger partial charge in [-0.1, -0.05) is 37.0 Å². The summed E-state index contributed by atoms with van der Waals surface area (Å²) >= 11 is 11.8. The summed E-state index contributed by atoms with van der Waals surface area (Å²) in [4.78, 5) is 15.5. The van der Waals surface area contributed by atoms with Gasteiger partial charge in [0.2, 0.25) is 5.88 Å². The van der Waals surface area contributed by atoms with Gasteiger partial charge in [0, 0.05) is 21.8 Å². The zero-order valence-electron chi connectivity index (χ0n) is 11.4. The molecule has 1 heterocycles. The third-order valence-electron chi connectivity index (χ3n) is 2.72. The maximum Gasteiger partial charge on any atom is 0.335 e. The number of halogens is 2. The third kappa shape index (κ3) is 4.09. The molecule has 0 fully saturated rings. The van der Waals surface area contributed by atoms with Crippen LogP contribution in [0.15, 0.2) is 30.3 Å². The number of carbonyl (C=O) groups is 1. The molecule has 0 unspecified atom stereocenters. The van der Waals surface area contributed by atoms with Crippen LogP contribution in [0.1, 0.15) is 35.8 Å². The van der Waals surface area contributed by atoms with E-state index >= 15 is 0 Å². The van der Waals surface area contributed by atoms with Crippen LogP contribution in [0, 0.1) is 0 Å². The Bertz CT molecular complexity index is 666. The largest absolute Gasteiger partial charge is 0.478 e. The number of benzene rings is 1. The first-order chi connectivity index (χ1) is 9.85. The SMILES string of the molecule is CC(C)c1cc(C(=O)O)cc(Oc2cc(Cl)cc(Cl)c2)n1. The molecule has 0 bridgehead atoms. The van der Waals surface area contributed by atoms with Crippen molar-refractivity contribution in [1.29, 1.82) is 0 Å². The van der Waals surface area contributed by atoms with Crippen molar-refractivity contribution in [3.8, 4) is 11.6 Å². The lowest BCUT2D eigenvalue weighted by Crippen LogP contribution is -2.03. The fraction of sp³-hybridized carbons (Fsp3) is 0.200. The molecule has 0 aliphatic carbocycles. The second kappa shape index (κ2) is 6.33. The topological polar surface area (TPSA) is 59.4 Å². The minimum atomic E-state index is -1.03. The van der Waals surface area contributed by atoms with Crippen LogP contribution in [0.5, 0.6) is 11.6 Å². The number of ether oxygens (including phenoxy) is 1. The molecule has 2 rings (SSSR count). The molecule has 0 aliphatic rings. The molecule has 0 atom stereocenters. The van der Waals surface area contributed by atoms with E-state index in [0.29, 0.717) is 21.5 Å². The number of rotatable bonds is 4. The van der Waals surface area contributed by atoms with Crippen molar-refractivity contribution in [1.82, 2.24) is 4.98 Å². The number of carboxylic acids is 1. The monoisotopic (exact) mass is 325 g/mol. The quantitative estimate of drug-likeness (QED) is 0.859. The smallest absolute Gasteiger partial charge is 0.335 e. The van der Waals surface area contributed by atoms with Crippen molar-refractivity contribution in [2.45, 2.75) is 19.8 Å². The Morgan fingerprint density at radius 2 is 1.76 bits per heavy atom. The average Bonchev–Trinajstić information content (AvgIpc) is 2.36. The molecule has 4 nitrogen and oxygen atoms in total. The Morgan fingerprint density at radius 1 is 1.14 bits per heavy atom. The molecule has 1 aromatic carbocycles. The number of hydrogen-bond donors (Lipinski definition) is 1. The van der Waals surface area contributed by atoms with Crippen LogP contribution in [0.4, 0.5) is 0 Å². The summed E-state index contributed by atoms with van der Waals surface area (Å²) < 4.78 is 5.58. The van der Waals surface area contributed by atoms with Gasteiger partial charge in [0.15, 0.2) is 0 Å².